The number of hydrogen-bond acceptors (Lipinski definition) is 7. The molecule has 0 aliphatic heterocycles. The summed E-state index contributed by atoms with van der Waals surface area (Å²) in [6.45, 7) is 6.42. The number of amides is 1. The predicted molar refractivity (Wildman–Crippen MR) is 156 cm³/mol. The molecule has 1 amide bonds. The third kappa shape index (κ3) is 8.67. The number of anilines is 2. The second-order valence-electron chi connectivity index (χ2n) is 9.78. The highest BCUT2D eigenvalue weighted by Gasteiger charge is 2.31. The summed E-state index contributed by atoms with van der Waals surface area (Å²) in [5.41, 5.74) is 3.23. The lowest BCUT2D eigenvalue weighted by molar-refractivity contribution is -0.156. The molecule has 0 aromatic heterocycles. The van der Waals surface area contributed by atoms with Crippen molar-refractivity contribution >= 4 is 34.6 Å². The highest BCUT2D eigenvalue weighted by Crippen LogP contribution is 2.29. The van der Waals surface area contributed by atoms with Crippen LogP contribution in [0.1, 0.15) is 50.4 Å². The van der Waals surface area contributed by atoms with Crippen molar-refractivity contribution in [3.05, 3.63) is 78.4 Å². The third-order valence-corrected chi connectivity index (χ3v) is 6.55. The van der Waals surface area contributed by atoms with Crippen LogP contribution in [0.5, 0.6) is 5.75 Å². The van der Waals surface area contributed by atoms with Crippen LogP contribution in [0.2, 0.25) is 0 Å². The second-order valence-corrected chi connectivity index (χ2v) is 9.78. The zero-order chi connectivity index (χ0) is 28.3. The number of nitrogens with zero attached hydrogens (tertiary/aromatic N) is 3. The van der Waals surface area contributed by atoms with Gasteiger partial charge < -0.3 is 19.7 Å². The lowest BCUT2D eigenvalue weighted by Gasteiger charge is -2.25. The van der Waals surface area contributed by atoms with Crippen molar-refractivity contribution in [1.29, 1.82) is 0 Å². The van der Waals surface area contributed by atoms with Gasteiger partial charge in [0, 0.05) is 31.0 Å². The fourth-order valence-corrected chi connectivity index (χ4v) is 3.89. The highest BCUT2D eigenvalue weighted by atomic mass is 16.6. The van der Waals surface area contributed by atoms with Gasteiger partial charge in [-0.25, -0.2) is 0 Å². The summed E-state index contributed by atoms with van der Waals surface area (Å²) in [7, 11) is 3.97. The van der Waals surface area contributed by atoms with Gasteiger partial charge in [-0.15, -0.1) is 0 Å². The van der Waals surface area contributed by atoms with Crippen molar-refractivity contribution in [1.82, 2.24) is 0 Å². The molecule has 1 N–H and O–H groups in total. The molecule has 0 aliphatic rings. The van der Waals surface area contributed by atoms with E-state index in [1.807, 2.05) is 57.1 Å². The average molecular weight is 531 g/mol. The maximum Gasteiger partial charge on any atom is 0.311 e. The molecule has 8 heteroatoms. The molecular weight excluding hydrogens is 492 g/mol. The molecule has 0 radical (unpaired) electrons. The second kappa shape index (κ2) is 14.1. The van der Waals surface area contributed by atoms with Gasteiger partial charge in [0.15, 0.2) is 0 Å². The molecule has 0 heterocycles. The normalized spacial score (nSPS) is 12.5. The van der Waals surface area contributed by atoms with Crippen LogP contribution in [0.4, 0.5) is 22.7 Å². The van der Waals surface area contributed by atoms with Crippen molar-refractivity contribution in [2.45, 2.75) is 40.0 Å². The first-order valence-corrected chi connectivity index (χ1v) is 13.2. The van der Waals surface area contributed by atoms with Crippen molar-refractivity contribution in [3.8, 4) is 5.75 Å². The number of ether oxygens (including phenoxy) is 2. The molecule has 3 aromatic rings. The van der Waals surface area contributed by atoms with Gasteiger partial charge in [0.2, 0.25) is 0 Å². The van der Waals surface area contributed by atoms with Gasteiger partial charge in [-0.2, -0.15) is 10.2 Å². The number of rotatable bonds is 13. The topological polar surface area (TPSA) is 92.6 Å². The standard InChI is InChI=1S/C31H38N4O4/c1-6-20-31(3,7-2)30(37)39-22-21-38-28-18-8-23(9-19-28)29(36)32-24-10-12-25(13-11-24)33-34-26-14-16-27(17-15-26)35(4)5/h8-19H,6-7,20-22H2,1-5H3,(H,32,36). The minimum Gasteiger partial charge on any atom is -0.490 e. The van der Waals surface area contributed by atoms with E-state index < -0.39 is 5.41 Å². The molecule has 206 valence electrons. The zero-order valence-electron chi connectivity index (χ0n) is 23.4. The van der Waals surface area contributed by atoms with Gasteiger partial charge >= 0.3 is 5.97 Å². The Bertz CT molecular complexity index is 1240. The van der Waals surface area contributed by atoms with Gasteiger partial charge in [-0.3, -0.25) is 9.59 Å². The van der Waals surface area contributed by atoms with E-state index in [4.69, 9.17) is 9.47 Å². The largest absolute Gasteiger partial charge is 0.490 e. The Balaban J connectivity index is 1.45. The molecule has 0 aliphatic carbocycles. The van der Waals surface area contributed by atoms with Crippen molar-refractivity contribution in [3.63, 3.8) is 0 Å². The summed E-state index contributed by atoms with van der Waals surface area (Å²) < 4.78 is 11.1. The summed E-state index contributed by atoms with van der Waals surface area (Å²) in [6.07, 6.45) is 2.47. The van der Waals surface area contributed by atoms with Gasteiger partial charge in [-0.05, 0) is 92.6 Å². The lowest BCUT2D eigenvalue weighted by atomic mass is 9.83. The Kier molecular flexibility index (Phi) is 10.6. The first-order chi connectivity index (χ1) is 18.7. The maximum absolute atomic E-state index is 12.7. The molecule has 0 fully saturated rings. The highest BCUT2D eigenvalue weighted by molar-refractivity contribution is 6.04. The predicted octanol–water partition coefficient (Wildman–Crippen LogP) is 7.56. The first-order valence-electron chi connectivity index (χ1n) is 13.2. The number of esters is 1. The van der Waals surface area contributed by atoms with Crippen molar-refractivity contribution in [2.75, 3.05) is 37.5 Å². The van der Waals surface area contributed by atoms with Crippen LogP contribution in [0.25, 0.3) is 0 Å². The van der Waals surface area contributed by atoms with Crippen LogP contribution in [0, 0.1) is 5.41 Å². The average Bonchev–Trinajstić information content (AvgIpc) is 2.95. The molecule has 3 aromatic carbocycles. The van der Waals surface area contributed by atoms with Crippen molar-refractivity contribution < 1.29 is 19.1 Å². The van der Waals surface area contributed by atoms with E-state index in [0.717, 1.165) is 30.6 Å². The van der Waals surface area contributed by atoms with Crippen molar-refractivity contribution in [2.24, 2.45) is 15.6 Å². The number of hydrogen-bond donors (Lipinski definition) is 1. The Labute approximate surface area is 231 Å². The van der Waals surface area contributed by atoms with Crippen LogP contribution in [-0.2, 0) is 9.53 Å². The summed E-state index contributed by atoms with van der Waals surface area (Å²) in [5.74, 6) is 0.176. The summed E-state index contributed by atoms with van der Waals surface area (Å²) in [5, 5.41) is 11.4. The minimum atomic E-state index is -0.451. The number of nitrogens with one attached hydrogen (secondary N) is 1. The van der Waals surface area contributed by atoms with Gasteiger partial charge in [0.1, 0.15) is 19.0 Å². The van der Waals surface area contributed by atoms with E-state index in [1.165, 1.54) is 0 Å². The van der Waals surface area contributed by atoms with E-state index in [-0.39, 0.29) is 25.1 Å². The smallest absolute Gasteiger partial charge is 0.311 e. The SMILES string of the molecule is CCCC(C)(CC)C(=O)OCCOc1ccc(C(=O)Nc2ccc(N=Nc3ccc(N(C)C)cc3)cc2)cc1. The summed E-state index contributed by atoms with van der Waals surface area (Å²) in [4.78, 5) is 27.0. The van der Waals surface area contributed by atoms with Gasteiger partial charge in [0.25, 0.3) is 5.91 Å². The Morgan fingerprint density at radius 1 is 0.846 bits per heavy atom. The maximum atomic E-state index is 12.7. The Morgan fingerprint density at radius 2 is 1.44 bits per heavy atom. The van der Waals surface area contributed by atoms with Gasteiger partial charge in [-0.1, -0.05) is 20.3 Å². The molecule has 39 heavy (non-hydrogen) atoms. The van der Waals surface area contributed by atoms with E-state index in [9.17, 15) is 9.59 Å². The van der Waals surface area contributed by atoms with E-state index in [1.54, 1.807) is 48.5 Å². The molecular formula is C31H38N4O4. The number of carbonyl (C=O) groups is 2. The number of benzene rings is 3. The molecule has 0 bridgehead atoms. The zero-order valence-corrected chi connectivity index (χ0v) is 23.4. The van der Waals surface area contributed by atoms with Gasteiger partial charge in [0.05, 0.1) is 16.8 Å². The fourth-order valence-electron chi connectivity index (χ4n) is 3.89. The molecule has 8 nitrogen and oxygen atoms in total. The van der Waals surface area contributed by atoms with Crippen LogP contribution in [-0.4, -0.2) is 39.2 Å². The van der Waals surface area contributed by atoms with E-state index in [0.29, 0.717) is 22.7 Å². The van der Waals surface area contributed by atoms with E-state index in [2.05, 4.69) is 22.5 Å². The molecule has 1 unspecified atom stereocenters. The fraction of sp³-hybridized carbons (Fsp3) is 0.355. The molecule has 1 atom stereocenters. The number of azo groups is 1. The van der Waals surface area contributed by atoms with Crippen LogP contribution >= 0.6 is 0 Å². The van der Waals surface area contributed by atoms with Crippen LogP contribution < -0.4 is 15.0 Å². The molecule has 3 rings (SSSR count). The van der Waals surface area contributed by atoms with Crippen LogP contribution in [0.15, 0.2) is 83.0 Å². The molecule has 0 spiro atoms. The quantitative estimate of drug-likeness (QED) is 0.140. The molecule has 0 saturated heterocycles. The third-order valence-electron chi connectivity index (χ3n) is 6.55. The monoisotopic (exact) mass is 530 g/mol. The minimum absolute atomic E-state index is 0.179. The molecule has 0 saturated carbocycles. The summed E-state index contributed by atoms with van der Waals surface area (Å²) in [6, 6.07) is 21.8. The van der Waals surface area contributed by atoms with E-state index >= 15 is 0 Å². The first kappa shape index (κ1) is 29.4. The van der Waals surface area contributed by atoms with Crippen LogP contribution in [0.3, 0.4) is 0 Å². The lowest BCUT2D eigenvalue weighted by Crippen LogP contribution is -2.30. The number of carbonyl (C=O) groups excluding carboxylic acids is 2. The Hall–Kier alpha value is -4.20. The summed E-state index contributed by atoms with van der Waals surface area (Å²) >= 11 is 0. The Morgan fingerprint density at radius 3 is 1.97 bits per heavy atom.